The van der Waals surface area contributed by atoms with Crippen LogP contribution in [0.3, 0.4) is 0 Å². The average molecular weight is 394 g/mol. The first kappa shape index (κ1) is 14.3. The number of rotatable bonds is 2. The van der Waals surface area contributed by atoms with Crippen molar-refractivity contribution >= 4 is 95.7 Å². The molecule has 4 heterocycles. The Balaban J connectivity index is 1.42. The summed E-state index contributed by atoms with van der Waals surface area (Å²) in [6, 6.07) is 18.1. The predicted octanol–water partition coefficient (Wildman–Crippen LogP) is 8.29. The van der Waals surface area contributed by atoms with E-state index in [1.165, 1.54) is 50.3 Å². The highest BCUT2D eigenvalue weighted by Gasteiger charge is 2.08. The third-order valence-corrected chi connectivity index (χ3v) is 8.21. The van der Waals surface area contributed by atoms with Gasteiger partial charge in [-0.1, -0.05) is 0 Å². The highest BCUT2D eigenvalue weighted by atomic mass is 32.1. The molecule has 6 aromatic rings. The van der Waals surface area contributed by atoms with E-state index in [0.29, 0.717) is 0 Å². The van der Waals surface area contributed by atoms with Crippen LogP contribution in [0.2, 0.25) is 0 Å². The average Bonchev–Trinajstić information content (AvgIpc) is 3.34. The lowest BCUT2D eigenvalue weighted by atomic mass is 10.2. The highest BCUT2D eigenvalue weighted by Crippen LogP contribution is 2.39. The summed E-state index contributed by atoms with van der Waals surface area (Å²) in [5, 5.41) is 15.7. The lowest BCUT2D eigenvalue weighted by Gasteiger charge is -1.96. The number of benzene rings is 2. The van der Waals surface area contributed by atoms with Crippen molar-refractivity contribution in [1.82, 2.24) is 0 Å². The van der Waals surface area contributed by atoms with Gasteiger partial charge in [0.05, 0.1) is 10.0 Å². The summed E-state index contributed by atoms with van der Waals surface area (Å²) in [4.78, 5) is 0. The van der Waals surface area contributed by atoms with E-state index in [9.17, 15) is 0 Å². The monoisotopic (exact) mass is 393 g/mol. The number of thiophene rings is 4. The molecule has 0 saturated carbocycles. The van der Waals surface area contributed by atoms with Crippen molar-refractivity contribution in [2.75, 3.05) is 5.32 Å². The molecule has 0 fully saturated rings. The summed E-state index contributed by atoms with van der Waals surface area (Å²) < 4.78 is 5.41. The van der Waals surface area contributed by atoms with Crippen LogP contribution in [0.15, 0.2) is 59.3 Å². The van der Waals surface area contributed by atoms with Crippen molar-refractivity contribution < 1.29 is 0 Å². The van der Waals surface area contributed by atoms with Crippen LogP contribution in [0.1, 0.15) is 0 Å². The standard InChI is InChI=1S/C20H11NS4/c1-3-22-15-7-13-9-19(24-17(13)5-11(1)15)21-20-10-14-8-16-12(2-4-23-16)6-18(14)25-20/h1-10,21H. The fraction of sp³-hybridized carbons (Fsp3) is 0. The summed E-state index contributed by atoms with van der Waals surface area (Å²) >= 11 is 7.27. The van der Waals surface area contributed by atoms with E-state index in [2.05, 4.69) is 64.6 Å². The van der Waals surface area contributed by atoms with Gasteiger partial charge in [-0.3, -0.25) is 0 Å². The van der Waals surface area contributed by atoms with Crippen LogP contribution in [0.25, 0.3) is 40.3 Å². The quantitative estimate of drug-likeness (QED) is 0.312. The molecule has 0 aliphatic rings. The highest BCUT2D eigenvalue weighted by molar-refractivity contribution is 7.25. The van der Waals surface area contributed by atoms with Gasteiger partial charge in [-0.15, -0.1) is 45.3 Å². The predicted molar refractivity (Wildman–Crippen MR) is 118 cm³/mol. The molecule has 4 aromatic heterocycles. The molecular weight excluding hydrogens is 382 g/mol. The van der Waals surface area contributed by atoms with Crippen molar-refractivity contribution in [2.24, 2.45) is 0 Å². The second kappa shape index (κ2) is 5.29. The maximum Gasteiger partial charge on any atom is 0.0945 e. The Bertz CT molecular complexity index is 1180. The van der Waals surface area contributed by atoms with E-state index in [1.54, 1.807) is 0 Å². The van der Waals surface area contributed by atoms with Gasteiger partial charge in [0.1, 0.15) is 0 Å². The fourth-order valence-electron chi connectivity index (χ4n) is 3.23. The molecule has 0 amide bonds. The molecule has 120 valence electrons. The topological polar surface area (TPSA) is 12.0 Å². The van der Waals surface area contributed by atoms with Crippen LogP contribution in [-0.2, 0) is 0 Å². The summed E-state index contributed by atoms with van der Waals surface area (Å²) in [5.74, 6) is 0. The molecule has 5 heteroatoms. The van der Waals surface area contributed by atoms with Crippen LogP contribution >= 0.6 is 45.3 Å². The summed E-state index contributed by atoms with van der Waals surface area (Å²) in [6.45, 7) is 0. The van der Waals surface area contributed by atoms with Gasteiger partial charge >= 0.3 is 0 Å². The Morgan fingerprint density at radius 2 is 1.00 bits per heavy atom. The van der Waals surface area contributed by atoms with Gasteiger partial charge in [0.15, 0.2) is 0 Å². The van der Waals surface area contributed by atoms with Crippen LogP contribution in [0, 0.1) is 0 Å². The normalized spacial score (nSPS) is 12.0. The number of anilines is 2. The Labute approximate surface area is 159 Å². The van der Waals surface area contributed by atoms with Crippen LogP contribution in [0.5, 0.6) is 0 Å². The van der Waals surface area contributed by atoms with Gasteiger partial charge in [0.25, 0.3) is 0 Å². The van der Waals surface area contributed by atoms with Gasteiger partial charge < -0.3 is 5.32 Å². The number of hydrogen-bond donors (Lipinski definition) is 1. The van der Waals surface area contributed by atoms with Gasteiger partial charge in [-0.05, 0) is 80.8 Å². The maximum absolute atomic E-state index is 3.62. The van der Waals surface area contributed by atoms with Crippen molar-refractivity contribution in [3.05, 3.63) is 59.3 Å². The molecule has 0 radical (unpaired) electrons. The van der Waals surface area contributed by atoms with Crippen LogP contribution < -0.4 is 5.32 Å². The summed E-state index contributed by atoms with van der Waals surface area (Å²) in [6.07, 6.45) is 0. The van der Waals surface area contributed by atoms with Crippen LogP contribution in [0.4, 0.5) is 10.0 Å². The number of nitrogens with one attached hydrogen (secondary N) is 1. The second-order valence-electron chi connectivity index (χ2n) is 6.04. The van der Waals surface area contributed by atoms with Crippen molar-refractivity contribution in [3.63, 3.8) is 0 Å². The molecule has 0 aliphatic carbocycles. The number of fused-ring (bicyclic) bond motifs is 4. The van der Waals surface area contributed by atoms with Crippen LogP contribution in [-0.4, -0.2) is 0 Å². The van der Waals surface area contributed by atoms with E-state index in [-0.39, 0.29) is 0 Å². The van der Waals surface area contributed by atoms with Gasteiger partial charge in [-0.2, -0.15) is 0 Å². The fourth-order valence-corrected chi connectivity index (χ4v) is 6.95. The zero-order chi connectivity index (χ0) is 16.4. The molecule has 6 rings (SSSR count). The first-order valence-electron chi connectivity index (χ1n) is 7.90. The first-order valence-corrected chi connectivity index (χ1v) is 11.3. The zero-order valence-corrected chi connectivity index (χ0v) is 16.2. The molecule has 0 aliphatic heterocycles. The van der Waals surface area contributed by atoms with E-state index in [4.69, 9.17) is 0 Å². The third kappa shape index (κ3) is 2.31. The minimum Gasteiger partial charge on any atom is -0.339 e. The summed E-state index contributed by atoms with van der Waals surface area (Å²) in [7, 11) is 0. The minimum atomic E-state index is 1.21. The third-order valence-electron chi connectivity index (χ3n) is 4.43. The second-order valence-corrected chi connectivity index (χ2v) is 10.1. The Hall–Kier alpha value is -1.92. The van der Waals surface area contributed by atoms with Crippen molar-refractivity contribution in [3.8, 4) is 0 Å². The first-order chi connectivity index (χ1) is 12.3. The van der Waals surface area contributed by atoms with E-state index in [1.807, 2.05) is 45.3 Å². The molecule has 1 N–H and O–H groups in total. The molecule has 0 atom stereocenters. The SMILES string of the molecule is c1cc2cc3sc(Nc4cc5cc6sccc6cc5s4)cc3cc2s1. The lowest BCUT2D eigenvalue weighted by Crippen LogP contribution is -1.80. The minimum absolute atomic E-state index is 1.21. The molecule has 1 nitrogen and oxygen atoms in total. The smallest absolute Gasteiger partial charge is 0.0945 e. The molecular formula is C20H11NS4. The molecule has 0 spiro atoms. The molecule has 2 aromatic carbocycles. The Morgan fingerprint density at radius 1 is 0.520 bits per heavy atom. The summed E-state index contributed by atoms with van der Waals surface area (Å²) in [5.41, 5.74) is 0. The van der Waals surface area contributed by atoms with Gasteiger partial charge in [0.2, 0.25) is 0 Å². The maximum atomic E-state index is 3.62. The van der Waals surface area contributed by atoms with Gasteiger partial charge in [0, 0.05) is 18.8 Å². The largest absolute Gasteiger partial charge is 0.339 e. The van der Waals surface area contributed by atoms with E-state index < -0.39 is 0 Å². The van der Waals surface area contributed by atoms with Crippen molar-refractivity contribution in [1.29, 1.82) is 0 Å². The van der Waals surface area contributed by atoms with E-state index in [0.717, 1.165) is 0 Å². The molecule has 0 saturated heterocycles. The zero-order valence-electron chi connectivity index (χ0n) is 12.9. The van der Waals surface area contributed by atoms with Gasteiger partial charge in [-0.25, -0.2) is 0 Å². The molecule has 0 bridgehead atoms. The van der Waals surface area contributed by atoms with E-state index >= 15 is 0 Å². The number of hydrogen-bond acceptors (Lipinski definition) is 5. The molecule has 25 heavy (non-hydrogen) atoms. The Morgan fingerprint density at radius 3 is 1.52 bits per heavy atom. The molecule has 0 unspecified atom stereocenters. The van der Waals surface area contributed by atoms with Crippen molar-refractivity contribution in [2.45, 2.75) is 0 Å². The lowest BCUT2D eigenvalue weighted by molar-refractivity contribution is 1.77. The Kier molecular flexibility index (Phi) is 3.02.